The number of fused-ring (bicyclic) bond motifs is 1. The van der Waals surface area contributed by atoms with E-state index in [1.807, 2.05) is 32.3 Å². The smallest absolute Gasteiger partial charge is 0.328 e. The minimum absolute atomic E-state index is 0.0508. The number of aliphatic carboxylic acids is 2. The molecule has 1 aromatic heterocycles. The van der Waals surface area contributed by atoms with E-state index < -0.39 is 11.9 Å². The van der Waals surface area contributed by atoms with Gasteiger partial charge in [-0.2, -0.15) is 5.26 Å². The number of piperidine rings is 1. The third-order valence-electron chi connectivity index (χ3n) is 7.42. The third-order valence-corrected chi connectivity index (χ3v) is 7.42. The van der Waals surface area contributed by atoms with Crippen molar-refractivity contribution < 1.29 is 38.5 Å². The summed E-state index contributed by atoms with van der Waals surface area (Å²) in [6, 6.07) is 13.3. The molecule has 234 valence electrons. The Hall–Kier alpha value is -4.28. The quantitative estimate of drug-likeness (QED) is 0.299. The number of likely N-dealkylation sites (tertiary alicyclic amines) is 1. The Morgan fingerprint density at radius 2 is 1.73 bits per heavy atom. The van der Waals surface area contributed by atoms with Crippen LogP contribution in [0.3, 0.4) is 0 Å². The van der Waals surface area contributed by atoms with E-state index in [0.717, 1.165) is 60.5 Å². The Kier molecular flexibility index (Phi) is 11.8. The van der Waals surface area contributed by atoms with Gasteiger partial charge in [-0.05, 0) is 95.2 Å². The van der Waals surface area contributed by atoms with Crippen molar-refractivity contribution in [2.75, 3.05) is 46.9 Å². The second kappa shape index (κ2) is 16.0. The van der Waals surface area contributed by atoms with E-state index in [9.17, 15) is 9.59 Å². The number of carbonyl (C=O) groups is 2. The van der Waals surface area contributed by atoms with E-state index in [1.54, 1.807) is 12.1 Å². The van der Waals surface area contributed by atoms with Crippen LogP contribution in [0.2, 0.25) is 0 Å². The number of hydrogen-bond donors (Lipinski definition) is 2. The minimum Gasteiger partial charge on any atom is -0.478 e. The number of benzene rings is 2. The average molecular weight is 607 g/mol. The van der Waals surface area contributed by atoms with Gasteiger partial charge in [0.2, 0.25) is 0 Å². The highest BCUT2D eigenvalue weighted by Gasteiger charge is 2.25. The van der Waals surface area contributed by atoms with E-state index in [2.05, 4.69) is 27.1 Å². The van der Waals surface area contributed by atoms with Crippen LogP contribution >= 0.6 is 0 Å². The third kappa shape index (κ3) is 9.62. The molecule has 2 aliphatic heterocycles. The molecule has 2 aromatic carbocycles. The zero-order chi connectivity index (χ0) is 31.5. The molecule has 2 N–H and O–H groups in total. The molecule has 0 radical (unpaired) electrons. The number of carboxylic acid groups (broad SMARTS) is 2. The molecule has 5 rings (SSSR count). The fourth-order valence-electron chi connectivity index (χ4n) is 5.22. The number of aromatic nitrogens is 1. The van der Waals surface area contributed by atoms with Gasteiger partial charge in [0.25, 0.3) is 0 Å². The van der Waals surface area contributed by atoms with Gasteiger partial charge in [0, 0.05) is 30.6 Å². The first-order chi connectivity index (χ1) is 21.2. The molecule has 2 saturated heterocycles. The molecule has 12 heteroatoms. The Bertz CT molecular complexity index is 1450. The first-order valence-electron chi connectivity index (χ1n) is 14.5. The highest BCUT2D eigenvalue weighted by atomic mass is 16.7. The van der Waals surface area contributed by atoms with Gasteiger partial charge in [0.1, 0.15) is 11.5 Å². The summed E-state index contributed by atoms with van der Waals surface area (Å²) in [7, 11) is 4.05. The summed E-state index contributed by atoms with van der Waals surface area (Å²) in [4.78, 5) is 23.7. The Balaban J connectivity index is 0.000000488. The highest BCUT2D eigenvalue weighted by Crippen LogP contribution is 2.35. The van der Waals surface area contributed by atoms with Gasteiger partial charge in [0.15, 0.2) is 11.9 Å². The SMILES string of the molecule is CN(C)Cc1c(Oc2ccc(C#N)cc2)ccc2c(CCC3CCN(CC4OCCO4)CC3)noc12.O=C(O)/C=C/C(=O)O. The molecule has 0 atom stereocenters. The molecular formula is C32H38N4O8. The number of ether oxygens (including phenoxy) is 3. The maximum Gasteiger partial charge on any atom is 0.328 e. The number of nitriles is 1. The number of nitrogens with zero attached hydrogens (tertiary/aromatic N) is 4. The first-order valence-corrected chi connectivity index (χ1v) is 14.5. The molecule has 12 nitrogen and oxygen atoms in total. The van der Waals surface area contributed by atoms with Crippen molar-refractivity contribution in [2.45, 2.75) is 38.5 Å². The van der Waals surface area contributed by atoms with Gasteiger partial charge >= 0.3 is 11.9 Å². The van der Waals surface area contributed by atoms with Gasteiger partial charge < -0.3 is 33.8 Å². The maximum absolute atomic E-state index is 9.55. The lowest BCUT2D eigenvalue weighted by atomic mass is 9.91. The summed E-state index contributed by atoms with van der Waals surface area (Å²) in [5.41, 5.74) is 3.39. The number of rotatable bonds is 11. The molecule has 0 spiro atoms. The first kappa shape index (κ1) is 32.6. The molecule has 2 fully saturated rings. The van der Waals surface area contributed by atoms with Crippen molar-refractivity contribution in [1.29, 1.82) is 5.26 Å². The summed E-state index contributed by atoms with van der Waals surface area (Å²) >= 11 is 0. The Morgan fingerprint density at radius 3 is 2.32 bits per heavy atom. The van der Waals surface area contributed by atoms with Gasteiger partial charge in [-0.25, -0.2) is 9.59 Å². The van der Waals surface area contributed by atoms with Crippen LogP contribution in [0.1, 0.15) is 36.1 Å². The van der Waals surface area contributed by atoms with Gasteiger partial charge in [-0.1, -0.05) is 5.16 Å². The normalized spacial score (nSPS) is 16.2. The van der Waals surface area contributed by atoms with Crippen molar-refractivity contribution in [3.05, 3.63) is 65.4 Å². The Morgan fingerprint density at radius 1 is 1.07 bits per heavy atom. The van der Waals surface area contributed by atoms with Gasteiger partial charge in [-0.15, -0.1) is 0 Å². The molecule has 44 heavy (non-hydrogen) atoms. The van der Waals surface area contributed by atoms with Gasteiger partial charge in [0.05, 0.1) is 36.1 Å². The van der Waals surface area contributed by atoms with Crippen molar-refractivity contribution in [3.8, 4) is 17.6 Å². The lowest BCUT2D eigenvalue weighted by molar-refractivity contribution is -0.134. The van der Waals surface area contributed by atoms with Crippen LogP contribution in [-0.2, 0) is 32.0 Å². The average Bonchev–Trinajstić information content (AvgIpc) is 3.67. The van der Waals surface area contributed by atoms with Crippen LogP contribution in [0.15, 0.2) is 53.1 Å². The Labute approximate surface area is 256 Å². The van der Waals surface area contributed by atoms with Crippen molar-refractivity contribution >= 4 is 22.9 Å². The topological polar surface area (TPSA) is 159 Å². The zero-order valence-electron chi connectivity index (χ0n) is 25.0. The van der Waals surface area contributed by atoms with Crippen LogP contribution < -0.4 is 4.74 Å². The summed E-state index contributed by atoms with van der Waals surface area (Å²) in [5.74, 6) is -0.393. The second-order valence-corrected chi connectivity index (χ2v) is 11.0. The molecular weight excluding hydrogens is 568 g/mol. The van der Waals surface area contributed by atoms with Crippen molar-refractivity contribution in [3.63, 3.8) is 0 Å². The zero-order valence-corrected chi connectivity index (χ0v) is 25.0. The number of aryl methyl sites for hydroxylation is 1. The molecule has 0 amide bonds. The van der Waals surface area contributed by atoms with Crippen LogP contribution in [0.25, 0.3) is 11.0 Å². The van der Waals surface area contributed by atoms with E-state index in [-0.39, 0.29) is 6.29 Å². The number of hydrogen-bond acceptors (Lipinski definition) is 10. The van der Waals surface area contributed by atoms with Crippen molar-refractivity contribution in [2.24, 2.45) is 5.92 Å². The molecule has 0 saturated carbocycles. The van der Waals surface area contributed by atoms with Crippen LogP contribution in [0, 0.1) is 17.2 Å². The standard InChI is InChI=1S/C28H34N4O4.C4H4O4/c1-31(2)18-24-26(35-22-6-3-21(17-29)4-7-22)10-8-23-25(30-36-28(23)24)9-5-20-11-13-32(14-12-20)19-27-33-15-16-34-27;5-3(6)1-2-4(7)8/h3-4,6-8,10,20,27H,5,9,11-16,18-19H2,1-2H3;1-2H,(H,5,6)(H,7,8)/b;2-1+. The molecule has 3 aromatic rings. The van der Waals surface area contributed by atoms with E-state index >= 15 is 0 Å². The molecule has 0 unspecified atom stereocenters. The van der Waals surface area contributed by atoms with E-state index in [4.69, 9.17) is 34.2 Å². The second-order valence-electron chi connectivity index (χ2n) is 11.0. The van der Waals surface area contributed by atoms with Crippen LogP contribution in [0.4, 0.5) is 0 Å². The summed E-state index contributed by atoms with van der Waals surface area (Å²) in [6.07, 6.45) is 5.46. The van der Waals surface area contributed by atoms with Crippen LogP contribution in [0.5, 0.6) is 11.5 Å². The fraction of sp³-hybridized carbons (Fsp3) is 0.438. The highest BCUT2D eigenvalue weighted by molar-refractivity contribution is 5.89. The predicted octanol–water partition coefficient (Wildman–Crippen LogP) is 4.28. The van der Waals surface area contributed by atoms with E-state index in [1.165, 1.54) is 12.8 Å². The maximum atomic E-state index is 9.55. The lowest BCUT2D eigenvalue weighted by Crippen LogP contribution is -2.39. The summed E-state index contributed by atoms with van der Waals surface area (Å²) in [5, 5.41) is 30.2. The molecule has 0 aliphatic carbocycles. The summed E-state index contributed by atoms with van der Waals surface area (Å²) in [6.45, 7) is 5.16. The van der Waals surface area contributed by atoms with Gasteiger partial charge in [-0.3, -0.25) is 4.90 Å². The number of carboxylic acids is 2. The largest absolute Gasteiger partial charge is 0.478 e. The lowest BCUT2D eigenvalue weighted by Gasteiger charge is -2.32. The minimum atomic E-state index is -1.26. The van der Waals surface area contributed by atoms with Crippen LogP contribution in [-0.4, -0.2) is 90.3 Å². The van der Waals surface area contributed by atoms with Crippen molar-refractivity contribution in [1.82, 2.24) is 15.0 Å². The molecule has 0 bridgehead atoms. The monoisotopic (exact) mass is 606 g/mol. The van der Waals surface area contributed by atoms with E-state index in [0.29, 0.717) is 49.1 Å². The molecule has 2 aliphatic rings. The predicted molar refractivity (Wildman–Crippen MR) is 160 cm³/mol. The summed E-state index contributed by atoms with van der Waals surface area (Å²) < 4.78 is 23.3. The molecule has 3 heterocycles. The fourth-order valence-corrected chi connectivity index (χ4v) is 5.22.